The normalized spacial score (nSPS) is 29.7. The van der Waals surface area contributed by atoms with Gasteiger partial charge in [-0.25, -0.2) is 0 Å². The third-order valence-electron chi connectivity index (χ3n) is 9.99. The molecule has 3 aromatic carbocycles. The summed E-state index contributed by atoms with van der Waals surface area (Å²) in [6, 6.07) is 16.8. The van der Waals surface area contributed by atoms with Crippen LogP contribution < -0.4 is 0 Å². The molecule has 5 aromatic rings. The van der Waals surface area contributed by atoms with Gasteiger partial charge in [-0.3, -0.25) is 10.1 Å². The Morgan fingerprint density at radius 3 is 1.46 bits per heavy atom. The Balaban J connectivity index is 1.49. The molecule has 0 aliphatic carbocycles. The molecule has 2 aliphatic rings. The van der Waals surface area contributed by atoms with Crippen molar-refractivity contribution in [1.82, 2.24) is 9.13 Å². The number of hydrogen-bond donors (Lipinski definition) is 8. The first-order chi connectivity index (χ1) is 24.8. The molecule has 17 heteroatoms. The van der Waals surface area contributed by atoms with Crippen molar-refractivity contribution >= 4 is 59.4 Å². The zero-order valence-electron chi connectivity index (χ0n) is 27.0. The van der Waals surface area contributed by atoms with Gasteiger partial charge in [0.15, 0.2) is 12.5 Å². The van der Waals surface area contributed by atoms with Gasteiger partial charge in [0.25, 0.3) is 5.69 Å². The molecule has 276 valence electrons. The molecule has 2 saturated heterocycles. The molecule has 0 spiro atoms. The predicted molar refractivity (Wildman–Crippen MR) is 191 cm³/mol. The summed E-state index contributed by atoms with van der Waals surface area (Å²) in [6.07, 6.45) is -11.1. The average Bonchev–Trinajstić information content (AvgIpc) is 3.68. The quantitative estimate of drug-likeness (QED) is 0.0830. The second-order valence-electron chi connectivity index (χ2n) is 13.0. The highest BCUT2D eigenvalue weighted by molar-refractivity contribution is 9.10. The van der Waals surface area contributed by atoms with Gasteiger partial charge in [0.1, 0.15) is 48.8 Å². The predicted octanol–water partition coefficient (Wildman–Crippen LogP) is 2.15. The van der Waals surface area contributed by atoms with Crippen molar-refractivity contribution in [2.45, 2.75) is 67.2 Å². The Morgan fingerprint density at radius 2 is 1.08 bits per heavy atom. The van der Waals surface area contributed by atoms with Crippen LogP contribution in [0.25, 0.3) is 21.8 Å². The van der Waals surface area contributed by atoms with E-state index in [1.165, 1.54) is 12.1 Å². The van der Waals surface area contributed by atoms with Crippen LogP contribution in [0.4, 0.5) is 5.69 Å². The number of nitro benzene ring substituents is 1. The fourth-order valence-electron chi connectivity index (χ4n) is 7.33. The van der Waals surface area contributed by atoms with E-state index in [1.54, 1.807) is 57.9 Å². The van der Waals surface area contributed by atoms with Gasteiger partial charge >= 0.3 is 0 Å². The summed E-state index contributed by atoms with van der Waals surface area (Å²) >= 11 is 7.11. The Bertz CT molecular complexity index is 1980. The van der Waals surface area contributed by atoms with Crippen LogP contribution in [0.2, 0.25) is 0 Å². The molecule has 2 aromatic heterocycles. The molecular formula is C35H35Br2N3O12. The van der Waals surface area contributed by atoms with E-state index in [-0.39, 0.29) is 5.69 Å². The molecule has 7 rings (SSSR count). The second-order valence-corrected chi connectivity index (χ2v) is 14.9. The lowest BCUT2D eigenvalue weighted by molar-refractivity contribution is -0.384. The molecule has 15 nitrogen and oxygen atoms in total. The summed E-state index contributed by atoms with van der Waals surface area (Å²) < 4.78 is 16.5. The van der Waals surface area contributed by atoms with Crippen LogP contribution in [0, 0.1) is 10.1 Å². The average molecular weight is 849 g/mol. The van der Waals surface area contributed by atoms with Crippen molar-refractivity contribution in [3.63, 3.8) is 0 Å². The third kappa shape index (κ3) is 6.27. The molecule has 2 fully saturated rings. The Morgan fingerprint density at radius 1 is 0.654 bits per heavy atom. The van der Waals surface area contributed by atoms with Gasteiger partial charge in [0.2, 0.25) is 0 Å². The number of aromatic nitrogens is 2. The highest BCUT2D eigenvalue weighted by Gasteiger charge is 2.46. The van der Waals surface area contributed by atoms with E-state index in [4.69, 9.17) is 9.47 Å². The van der Waals surface area contributed by atoms with E-state index >= 15 is 0 Å². The number of rotatable bonds is 8. The van der Waals surface area contributed by atoms with E-state index in [2.05, 4.69) is 31.9 Å². The number of hydrogen-bond acceptors (Lipinski definition) is 12. The number of non-ortho nitro benzene ring substituents is 1. The van der Waals surface area contributed by atoms with Gasteiger partial charge in [-0.1, -0.05) is 44.0 Å². The maximum absolute atomic E-state index is 11.7. The van der Waals surface area contributed by atoms with Crippen LogP contribution in [0.3, 0.4) is 0 Å². The maximum Gasteiger partial charge on any atom is 0.269 e. The summed E-state index contributed by atoms with van der Waals surface area (Å²) in [6.45, 7) is -1.26. The van der Waals surface area contributed by atoms with Crippen molar-refractivity contribution in [3.05, 3.63) is 109 Å². The second kappa shape index (κ2) is 14.5. The maximum atomic E-state index is 11.7. The molecule has 0 unspecified atom stereocenters. The summed E-state index contributed by atoms with van der Waals surface area (Å²) in [5.74, 6) is -0.730. The van der Waals surface area contributed by atoms with Gasteiger partial charge < -0.3 is 59.5 Å². The zero-order valence-corrected chi connectivity index (χ0v) is 30.2. The fraction of sp³-hybridized carbons (Fsp3) is 0.371. The van der Waals surface area contributed by atoms with Gasteiger partial charge in [0.05, 0.1) is 29.2 Å². The van der Waals surface area contributed by atoms with Crippen LogP contribution in [0.15, 0.2) is 82.0 Å². The first-order valence-corrected chi connectivity index (χ1v) is 17.9. The molecular weight excluding hydrogens is 814 g/mol. The lowest BCUT2D eigenvalue weighted by Crippen LogP contribution is -2.56. The molecule has 52 heavy (non-hydrogen) atoms. The molecule has 0 bridgehead atoms. The molecule has 8 N–H and O–H groups in total. The number of halogens is 2. The van der Waals surface area contributed by atoms with Crippen LogP contribution in [-0.4, -0.2) is 117 Å². The minimum absolute atomic E-state index is 0.138. The number of nitro groups is 1. The number of nitrogens with zero attached hydrogens (tertiary/aromatic N) is 3. The summed E-state index contributed by atoms with van der Waals surface area (Å²) in [4.78, 5) is 11.2. The number of aliphatic hydroxyl groups excluding tert-OH is 8. The summed E-state index contributed by atoms with van der Waals surface area (Å²) in [7, 11) is 0. The van der Waals surface area contributed by atoms with E-state index in [1.807, 2.05) is 12.1 Å². The molecule has 4 heterocycles. The van der Waals surface area contributed by atoms with Crippen LogP contribution >= 0.6 is 31.9 Å². The highest BCUT2D eigenvalue weighted by Crippen LogP contribution is 2.45. The van der Waals surface area contributed by atoms with Gasteiger partial charge in [-0.2, -0.15) is 0 Å². The molecule has 0 saturated carbocycles. The van der Waals surface area contributed by atoms with Gasteiger partial charge in [-0.05, 0) is 53.1 Å². The highest BCUT2D eigenvalue weighted by atomic mass is 79.9. The standard InChI is InChI=1S/C35H35Br2N3O12/c36-16-3-7-23-19(9-16)21(11-38(23)34-32(47)30(45)28(43)25(13-41)51-34)27(15-1-5-18(6-2-15)40(49)50)22-12-39(24-8-4-17(37)10-20(22)24)35-33(48)31(46)29(44)26(14-42)52-35/h1-12,25-35,41-48H,13-14H2/t25-,26-,28-,29-,30+,31+,32-,33-,34-,35-/m1/s1. The Kier molecular flexibility index (Phi) is 10.3. The lowest BCUT2D eigenvalue weighted by Gasteiger charge is -2.40. The molecule has 0 radical (unpaired) electrons. The third-order valence-corrected chi connectivity index (χ3v) is 11.0. The van der Waals surface area contributed by atoms with Crippen molar-refractivity contribution in [3.8, 4) is 0 Å². The SMILES string of the molecule is O=[N+]([O-])c1ccc(C(c2cn([C@@H]3O[C@H](CO)[C@@H](O)[C@H](O)[C@H]3O)c3ccc(Br)cc23)c2cn([C@@H]3O[C@H](CO)[C@@H](O)[C@H](O)[C@H]3O)c3ccc(Br)cc23)cc1. The number of ether oxygens (including phenoxy) is 2. The van der Waals surface area contributed by atoms with Crippen molar-refractivity contribution in [2.75, 3.05) is 13.2 Å². The monoisotopic (exact) mass is 847 g/mol. The Hall–Kier alpha value is -3.30. The van der Waals surface area contributed by atoms with Crippen LogP contribution in [0.1, 0.15) is 35.1 Å². The zero-order chi connectivity index (χ0) is 37.2. The van der Waals surface area contributed by atoms with Crippen LogP contribution in [0.5, 0.6) is 0 Å². The minimum Gasteiger partial charge on any atom is -0.394 e. The summed E-state index contributed by atoms with van der Waals surface area (Å²) in [5.41, 5.74) is 2.80. The smallest absolute Gasteiger partial charge is 0.269 e. The van der Waals surface area contributed by atoms with Crippen LogP contribution in [-0.2, 0) is 9.47 Å². The van der Waals surface area contributed by atoms with E-state index < -0.39 is 85.3 Å². The lowest BCUT2D eigenvalue weighted by atomic mass is 9.84. The Labute approximate surface area is 311 Å². The van der Waals surface area contributed by atoms with Crippen molar-refractivity contribution in [2.24, 2.45) is 0 Å². The number of benzene rings is 3. The topological polar surface area (TPSA) is 233 Å². The van der Waals surface area contributed by atoms with Crippen molar-refractivity contribution < 1.29 is 55.2 Å². The summed E-state index contributed by atoms with van der Waals surface area (Å²) in [5, 5.41) is 97.6. The molecule has 0 amide bonds. The first-order valence-electron chi connectivity index (χ1n) is 16.3. The van der Waals surface area contributed by atoms with E-state index in [0.29, 0.717) is 47.4 Å². The fourth-order valence-corrected chi connectivity index (χ4v) is 8.05. The number of aliphatic hydroxyl groups is 8. The number of fused-ring (bicyclic) bond motifs is 2. The minimum atomic E-state index is -1.65. The van der Waals surface area contributed by atoms with E-state index in [0.717, 1.165) is 0 Å². The van der Waals surface area contributed by atoms with Gasteiger partial charge in [-0.15, -0.1) is 0 Å². The van der Waals surface area contributed by atoms with Crippen molar-refractivity contribution in [1.29, 1.82) is 0 Å². The molecule has 2 aliphatic heterocycles. The first kappa shape index (κ1) is 37.0. The van der Waals surface area contributed by atoms with E-state index in [9.17, 15) is 51.0 Å². The molecule has 10 atom stereocenters. The van der Waals surface area contributed by atoms with Gasteiger partial charge in [0, 0.05) is 50.2 Å². The largest absolute Gasteiger partial charge is 0.394 e.